The Kier molecular flexibility index (Phi) is 27.1. The summed E-state index contributed by atoms with van der Waals surface area (Å²) in [5, 5.41) is 0. The van der Waals surface area contributed by atoms with Gasteiger partial charge >= 0.3 is 16.8 Å². The summed E-state index contributed by atoms with van der Waals surface area (Å²) in [6.45, 7) is 19.0. The van der Waals surface area contributed by atoms with Crippen LogP contribution in [0.1, 0.15) is 26.7 Å². The Balaban J connectivity index is -0.0000000480. The van der Waals surface area contributed by atoms with Gasteiger partial charge < -0.3 is 14.9 Å². The summed E-state index contributed by atoms with van der Waals surface area (Å²) >= 11 is 0. The third-order valence-electron chi connectivity index (χ3n) is 2.00. The first-order chi connectivity index (χ1) is 6.12. The normalized spacial score (nSPS) is 9.88. The van der Waals surface area contributed by atoms with E-state index in [1.807, 2.05) is 0 Å². The van der Waals surface area contributed by atoms with Crippen molar-refractivity contribution in [3.05, 3.63) is 14.9 Å². The van der Waals surface area contributed by atoms with Crippen molar-refractivity contribution >= 4 is 16.1 Å². The molecule has 0 saturated carbocycles. The maximum Gasteiger partial charge on any atom is 2.00 e. The summed E-state index contributed by atoms with van der Waals surface area (Å²) in [6, 6.07) is 2.96. The Bertz CT molecular complexity index is 107. The van der Waals surface area contributed by atoms with Gasteiger partial charge in [0.05, 0.1) is 0 Å². The Hall–Kier alpha value is 0.940. The topological polar surface area (TPSA) is 0 Å². The summed E-state index contributed by atoms with van der Waals surface area (Å²) in [6.07, 6.45) is 2.74. The van der Waals surface area contributed by atoms with Gasteiger partial charge in [-0.05, 0) is 0 Å². The van der Waals surface area contributed by atoms with Crippen LogP contribution in [0, 0.1) is 14.9 Å². The average Bonchev–Trinajstić information content (AvgIpc) is 1.81. The van der Waals surface area contributed by atoms with Gasteiger partial charge in [0.15, 0.2) is 0 Å². The molecule has 0 heterocycles. The molecule has 0 spiro atoms. The second-order valence-electron chi connectivity index (χ2n) is 6.62. The van der Waals surface area contributed by atoms with Crippen molar-refractivity contribution in [3.8, 4) is 0 Å². The van der Waals surface area contributed by atoms with Gasteiger partial charge in [0, 0.05) is 16.1 Å². The quantitative estimate of drug-likeness (QED) is 0.417. The third kappa shape index (κ3) is 47.3. The minimum atomic E-state index is -0.657. The van der Waals surface area contributed by atoms with Crippen LogP contribution in [0.25, 0.3) is 0 Å². The molecule has 0 saturated heterocycles. The molecule has 0 atom stereocenters. The molecule has 0 aliphatic rings. The van der Waals surface area contributed by atoms with E-state index in [1.54, 1.807) is 0 Å². The van der Waals surface area contributed by atoms with Gasteiger partial charge in [0.2, 0.25) is 0 Å². The van der Waals surface area contributed by atoms with Gasteiger partial charge in [-0.2, -0.15) is 0 Å². The van der Waals surface area contributed by atoms with E-state index in [1.165, 1.54) is 24.9 Å². The molecule has 0 aromatic heterocycles. The molecule has 0 aliphatic carbocycles. The van der Waals surface area contributed by atoms with E-state index >= 15 is 0 Å². The maximum absolute atomic E-state index is 2.41. The molecule has 0 aromatic rings. The molecule has 111 valence electrons. The van der Waals surface area contributed by atoms with Crippen LogP contribution in [-0.2, 0) is 16.8 Å². The minimum absolute atomic E-state index is 0. The second-order valence-corrected chi connectivity index (χ2v) is 17.9. The summed E-state index contributed by atoms with van der Waals surface area (Å²) in [7, 11) is -1.31. The van der Waals surface area contributed by atoms with Crippen LogP contribution in [0.2, 0.25) is 51.4 Å². The SMILES string of the molecule is CCC[Si](C)(C)C.CCC[Si](C)(C)C.[CH3-].[CH3-].[Co+2]. The van der Waals surface area contributed by atoms with Crippen molar-refractivity contribution in [2.24, 2.45) is 0 Å². The molecule has 0 aromatic carbocycles. The zero-order valence-corrected chi connectivity index (χ0v) is 17.2. The first-order valence-corrected chi connectivity index (χ1v) is 13.5. The molecule has 3 heteroatoms. The first kappa shape index (κ1) is 30.7. The van der Waals surface area contributed by atoms with Gasteiger partial charge in [0.1, 0.15) is 0 Å². The fourth-order valence-electron chi connectivity index (χ4n) is 1.50. The van der Waals surface area contributed by atoms with E-state index in [0.717, 1.165) is 0 Å². The van der Waals surface area contributed by atoms with E-state index in [4.69, 9.17) is 0 Å². The third-order valence-corrected chi connectivity index (χ3v) is 6.00. The molecule has 0 nitrogen and oxygen atoms in total. The molecular weight excluding hydrogens is 283 g/mol. The van der Waals surface area contributed by atoms with Crippen LogP contribution in [-0.4, -0.2) is 16.1 Å². The number of hydrogen-bond acceptors (Lipinski definition) is 0. The van der Waals surface area contributed by atoms with Gasteiger partial charge in [-0.15, -0.1) is 0 Å². The van der Waals surface area contributed by atoms with E-state index in [9.17, 15) is 0 Å². The van der Waals surface area contributed by atoms with Crippen molar-refractivity contribution in [1.29, 1.82) is 0 Å². The van der Waals surface area contributed by atoms with Crippen LogP contribution in [0.15, 0.2) is 0 Å². The molecule has 0 rings (SSSR count). The van der Waals surface area contributed by atoms with Crippen molar-refractivity contribution in [3.63, 3.8) is 0 Å². The number of hydrogen-bond donors (Lipinski definition) is 0. The van der Waals surface area contributed by atoms with Crippen molar-refractivity contribution in [2.75, 3.05) is 0 Å². The fraction of sp³-hybridized carbons (Fsp3) is 0.857. The zero-order chi connectivity index (χ0) is 11.8. The summed E-state index contributed by atoms with van der Waals surface area (Å²) < 4.78 is 0. The van der Waals surface area contributed by atoms with E-state index in [0.29, 0.717) is 0 Å². The summed E-state index contributed by atoms with van der Waals surface area (Å²) in [5.74, 6) is 0. The van der Waals surface area contributed by atoms with Gasteiger partial charge in [-0.25, -0.2) is 0 Å². The van der Waals surface area contributed by atoms with Gasteiger partial charge in [-0.1, -0.05) is 78.1 Å². The predicted molar refractivity (Wildman–Crippen MR) is 89.7 cm³/mol. The Labute approximate surface area is 126 Å². The van der Waals surface area contributed by atoms with E-state index < -0.39 is 16.1 Å². The van der Waals surface area contributed by atoms with E-state index in [-0.39, 0.29) is 31.6 Å². The molecule has 0 fully saturated rings. The molecule has 0 N–H and O–H groups in total. The summed E-state index contributed by atoms with van der Waals surface area (Å²) in [5.41, 5.74) is 0. The smallest absolute Gasteiger partial charge is 0.358 e. The average molecular weight is 322 g/mol. The molecule has 1 radical (unpaired) electrons. The van der Waals surface area contributed by atoms with Crippen molar-refractivity contribution in [2.45, 2.75) is 78.1 Å². The van der Waals surface area contributed by atoms with Crippen LogP contribution in [0.3, 0.4) is 0 Å². The molecule has 0 unspecified atom stereocenters. The molecule has 17 heavy (non-hydrogen) atoms. The second kappa shape index (κ2) is 15.0. The fourth-order valence-corrected chi connectivity index (χ4v) is 4.50. The maximum atomic E-state index is 2.41. The molecule has 0 aliphatic heterocycles. The first-order valence-electron chi connectivity index (χ1n) is 6.12. The van der Waals surface area contributed by atoms with Crippen LogP contribution >= 0.6 is 0 Å². The standard InChI is InChI=1S/2C6H16Si.2CH3.Co/c2*1-5-6-7(2,3)4;;;/h2*5-6H2,1-4H3;2*1H3;/q;;2*-1;+2. The van der Waals surface area contributed by atoms with Crippen LogP contribution in [0.5, 0.6) is 0 Å². The van der Waals surface area contributed by atoms with Crippen LogP contribution < -0.4 is 0 Å². The predicted octanol–water partition coefficient (Wildman–Crippen LogP) is 6.37. The summed E-state index contributed by atoms with van der Waals surface area (Å²) in [4.78, 5) is 0. The minimum Gasteiger partial charge on any atom is -0.358 e. The largest absolute Gasteiger partial charge is 2.00 e. The van der Waals surface area contributed by atoms with Crippen molar-refractivity contribution < 1.29 is 16.8 Å². The monoisotopic (exact) mass is 321 g/mol. The van der Waals surface area contributed by atoms with E-state index in [2.05, 4.69) is 53.1 Å². The molecule has 0 bridgehead atoms. The van der Waals surface area contributed by atoms with Gasteiger partial charge in [-0.3, -0.25) is 0 Å². The number of rotatable bonds is 4. The van der Waals surface area contributed by atoms with Crippen LogP contribution in [0.4, 0.5) is 0 Å². The van der Waals surface area contributed by atoms with Gasteiger partial charge in [0.25, 0.3) is 0 Å². The van der Waals surface area contributed by atoms with Crippen molar-refractivity contribution in [1.82, 2.24) is 0 Å². The Morgan fingerprint density at radius 2 is 0.765 bits per heavy atom. The molecule has 0 amide bonds. The Morgan fingerprint density at radius 1 is 0.588 bits per heavy atom. The molecular formula is C14H38CoSi2. The zero-order valence-electron chi connectivity index (χ0n) is 14.2. The Morgan fingerprint density at radius 3 is 0.765 bits per heavy atom.